The Morgan fingerprint density at radius 3 is 2.18 bits per heavy atom. The Labute approximate surface area is 224 Å². The molecule has 2 aromatic carbocycles. The minimum atomic E-state index is -4.58. The molecule has 2 atom stereocenters. The predicted octanol–water partition coefficient (Wildman–Crippen LogP) is 3.60. The van der Waals surface area contributed by atoms with E-state index in [0.717, 1.165) is 24.0 Å². The number of hydrogen-bond donors (Lipinski definition) is 0. The van der Waals surface area contributed by atoms with Crippen molar-refractivity contribution < 1.29 is 31.2 Å². The number of urea groups is 1. The van der Waals surface area contributed by atoms with E-state index in [1.165, 1.54) is 28.4 Å². The molecular weight excluding hydrogens is 545 g/mol. The largest absolute Gasteiger partial charge is 0.416 e. The molecular formula is C25H28ClF3N4O4S. The molecule has 0 N–H and O–H groups in total. The van der Waals surface area contributed by atoms with Crippen LogP contribution < -0.4 is 0 Å². The summed E-state index contributed by atoms with van der Waals surface area (Å²) in [6.07, 6.45) is -3.46. The number of carbonyl (C=O) groups is 2. The third-order valence-corrected chi connectivity index (χ3v) is 8.65. The molecule has 0 radical (unpaired) electrons. The van der Waals surface area contributed by atoms with Crippen molar-refractivity contribution >= 4 is 33.6 Å². The second-order valence-corrected chi connectivity index (χ2v) is 12.0. The molecule has 0 bridgehead atoms. The monoisotopic (exact) mass is 572 g/mol. The molecule has 38 heavy (non-hydrogen) atoms. The number of rotatable bonds is 4. The molecule has 8 nitrogen and oxygen atoms in total. The highest BCUT2D eigenvalue weighted by atomic mass is 35.5. The van der Waals surface area contributed by atoms with E-state index in [1.807, 2.05) is 0 Å². The van der Waals surface area contributed by atoms with Crippen molar-refractivity contribution in [3.63, 3.8) is 0 Å². The first-order valence-corrected chi connectivity index (χ1v) is 14.2. The summed E-state index contributed by atoms with van der Waals surface area (Å²) in [4.78, 5) is 31.3. The van der Waals surface area contributed by atoms with Crippen molar-refractivity contribution in [3.8, 4) is 0 Å². The van der Waals surface area contributed by atoms with Gasteiger partial charge in [-0.15, -0.1) is 0 Å². The van der Waals surface area contributed by atoms with E-state index in [4.69, 9.17) is 11.6 Å². The molecule has 2 aliphatic heterocycles. The lowest BCUT2D eigenvalue weighted by molar-refractivity contribution is -0.137. The van der Waals surface area contributed by atoms with Gasteiger partial charge in [-0.3, -0.25) is 4.79 Å². The SMILES string of the molecule is CN(C(=O)c1cccc(C(F)(F)F)c1)[C@@H]1CN(C(=O)N2CCN(S(C)(=O)=O)CC2)C[C@H]1c1ccc(Cl)cc1. The lowest BCUT2D eigenvalue weighted by Crippen LogP contribution is -2.53. The zero-order valence-electron chi connectivity index (χ0n) is 20.9. The van der Waals surface area contributed by atoms with Crippen LogP contribution in [-0.4, -0.2) is 98.0 Å². The number of piperazine rings is 1. The van der Waals surface area contributed by atoms with Gasteiger partial charge in [-0.2, -0.15) is 17.5 Å². The molecule has 0 spiro atoms. The van der Waals surface area contributed by atoms with Gasteiger partial charge >= 0.3 is 12.2 Å². The number of likely N-dealkylation sites (tertiary alicyclic amines) is 1. The number of halogens is 4. The van der Waals surface area contributed by atoms with Crippen molar-refractivity contribution in [1.29, 1.82) is 0 Å². The van der Waals surface area contributed by atoms with E-state index in [2.05, 4.69) is 0 Å². The molecule has 3 amide bonds. The fourth-order valence-corrected chi connectivity index (χ4v) is 5.92. The van der Waals surface area contributed by atoms with Crippen LogP contribution in [0, 0.1) is 0 Å². The molecule has 4 rings (SSSR count). The number of hydrogen-bond acceptors (Lipinski definition) is 4. The van der Waals surface area contributed by atoms with Crippen LogP contribution in [-0.2, 0) is 16.2 Å². The van der Waals surface area contributed by atoms with E-state index >= 15 is 0 Å². The highest BCUT2D eigenvalue weighted by molar-refractivity contribution is 7.88. The summed E-state index contributed by atoms with van der Waals surface area (Å²) in [5.74, 6) is -0.899. The minimum Gasteiger partial charge on any atom is -0.336 e. The fraction of sp³-hybridized carbons (Fsp3) is 0.440. The summed E-state index contributed by atoms with van der Waals surface area (Å²) in [6, 6.07) is 10.5. The quantitative estimate of drug-likeness (QED) is 0.561. The summed E-state index contributed by atoms with van der Waals surface area (Å²) in [6.45, 7) is 1.29. The van der Waals surface area contributed by atoms with Gasteiger partial charge in [0.05, 0.1) is 17.9 Å². The standard InChI is InChI=1S/C25H28ClF3N4O4S/c1-30(23(34)18-4-3-5-19(14-18)25(27,28)29)22-16-32(15-21(22)17-6-8-20(26)9-7-17)24(35)31-10-12-33(13-11-31)38(2,36)37/h3-9,14,21-22H,10-13,15-16H2,1-2H3/t21-,22+/m0/s1. The van der Waals surface area contributed by atoms with Crippen LogP contribution in [0.3, 0.4) is 0 Å². The van der Waals surface area contributed by atoms with Crippen LogP contribution in [0.25, 0.3) is 0 Å². The average molecular weight is 573 g/mol. The Kier molecular flexibility index (Phi) is 7.96. The highest BCUT2D eigenvalue weighted by Crippen LogP contribution is 2.34. The van der Waals surface area contributed by atoms with Crippen molar-refractivity contribution in [2.75, 3.05) is 52.6 Å². The van der Waals surface area contributed by atoms with E-state index in [0.29, 0.717) is 5.02 Å². The van der Waals surface area contributed by atoms with Crippen molar-refractivity contribution in [1.82, 2.24) is 19.0 Å². The molecule has 0 saturated carbocycles. The maximum Gasteiger partial charge on any atom is 0.416 e. The first-order valence-electron chi connectivity index (χ1n) is 11.9. The van der Waals surface area contributed by atoms with Crippen molar-refractivity contribution in [2.45, 2.75) is 18.1 Å². The predicted molar refractivity (Wildman–Crippen MR) is 136 cm³/mol. The fourth-order valence-electron chi connectivity index (χ4n) is 4.97. The van der Waals surface area contributed by atoms with E-state index in [1.54, 1.807) is 34.1 Å². The third-order valence-electron chi connectivity index (χ3n) is 7.09. The smallest absolute Gasteiger partial charge is 0.336 e. The summed E-state index contributed by atoms with van der Waals surface area (Å²) < 4.78 is 64.7. The van der Waals surface area contributed by atoms with Gasteiger partial charge in [0.25, 0.3) is 5.91 Å². The molecule has 0 aliphatic carbocycles. The van der Waals surface area contributed by atoms with Gasteiger partial charge in [-0.1, -0.05) is 29.8 Å². The van der Waals surface area contributed by atoms with Crippen LogP contribution in [0.2, 0.25) is 5.02 Å². The van der Waals surface area contributed by atoms with E-state index in [-0.39, 0.29) is 56.8 Å². The number of sulfonamides is 1. The van der Waals surface area contributed by atoms with E-state index in [9.17, 15) is 31.2 Å². The van der Waals surface area contributed by atoms with Gasteiger partial charge in [0, 0.05) is 62.8 Å². The molecule has 2 fully saturated rings. The topological polar surface area (TPSA) is 81.2 Å². The van der Waals surface area contributed by atoms with Gasteiger partial charge in [0.15, 0.2) is 0 Å². The van der Waals surface area contributed by atoms with Crippen molar-refractivity contribution in [3.05, 3.63) is 70.2 Å². The summed E-state index contributed by atoms with van der Waals surface area (Å²) in [7, 11) is -1.83. The van der Waals surface area contributed by atoms with Gasteiger partial charge < -0.3 is 14.7 Å². The molecule has 206 valence electrons. The Hall–Kier alpha value is -2.83. The van der Waals surface area contributed by atoms with Crippen LogP contribution in [0.4, 0.5) is 18.0 Å². The Morgan fingerprint density at radius 1 is 0.974 bits per heavy atom. The average Bonchev–Trinajstić information content (AvgIpc) is 3.32. The summed E-state index contributed by atoms with van der Waals surface area (Å²) in [5.41, 5.74) is -0.179. The highest BCUT2D eigenvalue weighted by Gasteiger charge is 2.42. The molecule has 0 unspecified atom stereocenters. The Morgan fingerprint density at radius 2 is 1.61 bits per heavy atom. The first-order chi connectivity index (χ1) is 17.8. The summed E-state index contributed by atoms with van der Waals surface area (Å²) in [5, 5.41) is 0.522. The number of carbonyl (C=O) groups excluding carboxylic acids is 2. The second-order valence-electron chi connectivity index (χ2n) is 9.56. The number of benzene rings is 2. The molecule has 2 heterocycles. The van der Waals surface area contributed by atoms with Gasteiger partial charge in [-0.25, -0.2) is 13.2 Å². The zero-order valence-corrected chi connectivity index (χ0v) is 22.4. The minimum absolute atomic E-state index is 0.0983. The summed E-state index contributed by atoms with van der Waals surface area (Å²) >= 11 is 6.05. The van der Waals surface area contributed by atoms with Crippen LogP contribution in [0.5, 0.6) is 0 Å². The van der Waals surface area contributed by atoms with Crippen LogP contribution >= 0.6 is 11.6 Å². The number of nitrogens with zero attached hydrogens (tertiary/aromatic N) is 4. The lowest BCUT2D eigenvalue weighted by atomic mass is 9.93. The van der Waals surface area contributed by atoms with Gasteiger partial charge in [0.2, 0.25) is 10.0 Å². The molecule has 2 saturated heterocycles. The Bertz CT molecular complexity index is 1300. The zero-order chi connectivity index (χ0) is 27.8. The first kappa shape index (κ1) is 28.2. The third kappa shape index (κ3) is 6.08. The Balaban J connectivity index is 1.56. The second kappa shape index (κ2) is 10.7. The normalized spacial score (nSPS) is 21.0. The van der Waals surface area contributed by atoms with Crippen molar-refractivity contribution in [2.24, 2.45) is 0 Å². The van der Waals surface area contributed by atoms with Gasteiger partial charge in [-0.05, 0) is 35.9 Å². The number of alkyl halides is 3. The maximum atomic E-state index is 13.4. The van der Waals surface area contributed by atoms with Gasteiger partial charge in [0.1, 0.15) is 0 Å². The number of likely N-dealkylation sites (N-methyl/N-ethyl adjacent to an activating group) is 1. The molecule has 2 aromatic rings. The maximum absolute atomic E-state index is 13.4. The van der Waals surface area contributed by atoms with Crippen LogP contribution in [0.15, 0.2) is 48.5 Å². The number of amides is 3. The molecule has 0 aromatic heterocycles. The lowest BCUT2D eigenvalue weighted by Gasteiger charge is -2.35. The molecule has 2 aliphatic rings. The van der Waals surface area contributed by atoms with E-state index < -0.39 is 33.7 Å². The van der Waals surface area contributed by atoms with Crippen LogP contribution in [0.1, 0.15) is 27.4 Å². The molecule has 13 heteroatoms.